The largest absolute Gasteiger partial charge is 0.319 e. The highest BCUT2D eigenvalue weighted by atomic mass is 32.2. The van der Waals surface area contributed by atoms with Crippen LogP contribution >= 0.6 is 11.8 Å². The van der Waals surface area contributed by atoms with E-state index in [4.69, 9.17) is 4.98 Å². The van der Waals surface area contributed by atoms with E-state index in [2.05, 4.69) is 16.5 Å². The zero-order valence-electron chi connectivity index (χ0n) is 17.3. The fraction of sp³-hybridized carbons (Fsp3) is 0.333. The van der Waals surface area contributed by atoms with Crippen LogP contribution in [0.1, 0.15) is 25.5 Å². The smallest absolute Gasteiger partial charge is 0.242 e. The SMILES string of the molecule is CCCCn1c(SCc2cn3ccccc3n2)nc2cc(S(=O)(=O)N(C)C)ccc21. The minimum Gasteiger partial charge on any atom is -0.319 e. The van der Waals surface area contributed by atoms with Gasteiger partial charge in [-0.2, -0.15) is 0 Å². The van der Waals surface area contributed by atoms with Gasteiger partial charge in [0.1, 0.15) is 5.65 Å². The highest BCUT2D eigenvalue weighted by molar-refractivity contribution is 7.98. The second-order valence-corrected chi connectivity index (χ2v) is 10.4. The van der Waals surface area contributed by atoms with Crippen LogP contribution in [0.25, 0.3) is 16.7 Å². The predicted octanol–water partition coefficient (Wildman–Crippen LogP) is 4.03. The second kappa shape index (κ2) is 8.41. The summed E-state index contributed by atoms with van der Waals surface area (Å²) in [5.74, 6) is 0.694. The number of benzene rings is 1. The lowest BCUT2D eigenvalue weighted by molar-refractivity contribution is 0.521. The van der Waals surface area contributed by atoms with E-state index in [-0.39, 0.29) is 4.90 Å². The van der Waals surface area contributed by atoms with Crippen LogP contribution in [0.5, 0.6) is 0 Å². The number of sulfonamides is 1. The van der Waals surface area contributed by atoms with Crippen molar-refractivity contribution in [1.82, 2.24) is 23.2 Å². The molecule has 0 atom stereocenters. The van der Waals surface area contributed by atoms with Crippen LogP contribution in [0.4, 0.5) is 0 Å². The number of hydrogen-bond acceptors (Lipinski definition) is 5. The average Bonchev–Trinajstić information content (AvgIpc) is 3.30. The molecule has 3 aromatic heterocycles. The number of aryl methyl sites for hydroxylation is 1. The Morgan fingerprint density at radius 3 is 2.70 bits per heavy atom. The van der Waals surface area contributed by atoms with Gasteiger partial charge in [-0.1, -0.05) is 31.2 Å². The van der Waals surface area contributed by atoms with E-state index < -0.39 is 10.0 Å². The molecule has 158 valence electrons. The summed E-state index contributed by atoms with van der Waals surface area (Å²) in [6.07, 6.45) is 6.12. The van der Waals surface area contributed by atoms with Crippen molar-refractivity contribution in [1.29, 1.82) is 0 Å². The molecule has 3 heterocycles. The molecule has 0 aliphatic carbocycles. The maximum Gasteiger partial charge on any atom is 0.242 e. The minimum atomic E-state index is -3.49. The van der Waals surface area contributed by atoms with Gasteiger partial charge in [0.25, 0.3) is 0 Å². The Morgan fingerprint density at radius 2 is 1.97 bits per heavy atom. The van der Waals surface area contributed by atoms with Gasteiger partial charge in [-0.3, -0.25) is 0 Å². The van der Waals surface area contributed by atoms with Gasteiger partial charge >= 0.3 is 0 Å². The van der Waals surface area contributed by atoms with Gasteiger partial charge in [-0.25, -0.2) is 22.7 Å². The summed E-state index contributed by atoms with van der Waals surface area (Å²) < 4.78 is 30.4. The number of nitrogens with zero attached hydrogens (tertiary/aromatic N) is 5. The molecule has 30 heavy (non-hydrogen) atoms. The molecule has 0 saturated carbocycles. The summed E-state index contributed by atoms with van der Waals surface area (Å²) in [5.41, 5.74) is 3.56. The Labute approximate surface area is 180 Å². The van der Waals surface area contributed by atoms with Crippen LogP contribution in [-0.2, 0) is 22.3 Å². The van der Waals surface area contributed by atoms with E-state index >= 15 is 0 Å². The first kappa shape index (κ1) is 20.9. The van der Waals surface area contributed by atoms with Crippen LogP contribution in [0.3, 0.4) is 0 Å². The maximum absolute atomic E-state index is 12.5. The molecular formula is C21H25N5O2S2. The fourth-order valence-corrected chi connectivity index (χ4v) is 5.14. The Kier molecular flexibility index (Phi) is 5.86. The van der Waals surface area contributed by atoms with Crippen LogP contribution in [0, 0.1) is 0 Å². The highest BCUT2D eigenvalue weighted by Gasteiger charge is 2.20. The molecule has 4 rings (SSSR count). The zero-order valence-corrected chi connectivity index (χ0v) is 18.9. The second-order valence-electron chi connectivity index (χ2n) is 7.32. The normalized spacial score (nSPS) is 12.4. The van der Waals surface area contributed by atoms with Crippen LogP contribution in [0.15, 0.2) is 58.8 Å². The summed E-state index contributed by atoms with van der Waals surface area (Å²) in [6, 6.07) is 11.1. The van der Waals surface area contributed by atoms with E-state index in [1.807, 2.05) is 41.1 Å². The van der Waals surface area contributed by atoms with Crippen LogP contribution in [0.2, 0.25) is 0 Å². The van der Waals surface area contributed by atoms with Gasteiger partial charge in [-0.05, 0) is 36.8 Å². The van der Waals surface area contributed by atoms with Crippen molar-refractivity contribution in [3.63, 3.8) is 0 Å². The van der Waals surface area contributed by atoms with Gasteiger partial charge in [0.15, 0.2) is 5.16 Å². The van der Waals surface area contributed by atoms with Gasteiger partial charge in [0.05, 0.1) is 21.6 Å². The lowest BCUT2D eigenvalue weighted by Gasteiger charge is -2.11. The molecule has 0 saturated heterocycles. The van der Waals surface area contributed by atoms with E-state index in [0.717, 1.165) is 41.4 Å². The summed E-state index contributed by atoms with van der Waals surface area (Å²) in [4.78, 5) is 9.70. The monoisotopic (exact) mass is 443 g/mol. The van der Waals surface area contributed by atoms with Crippen molar-refractivity contribution < 1.29 is 8.42 Å². The molecule has 0 aliphatic heterocycles. The number of thioether (sulfide) groups is 1. The third kappa shape index (κ3) is 3.97. The van der Waals surface area contributed by atoms with Crippen molar-refractivity contribution >= 4 is 38.5 Å². The first-order valence-electron chi connectivity index (χ1n) is 9.88. The van der Waals surface area contributed by atoms with Crippen molar-refractivity contribution in [3.05, 3.63) is 54.5 Å². The number of unbranched alkanes of at least 4 members (excludes halogenated alkanes) is 1. The molecule has 4 aromatic rings. The van der Waals surface area contributed by atoms with Gasteiger partial charge in [0.2, 0.25) is 10.0 Å². The van der Waals surface area contributed by atoms with E-state index in [1.165, 1.54) is 18.4 Å². The number of hydrogen-bond donors (Lipinski definition) is 0. The molecule has 0 aliphatic rings. The van der Waals surface area contributed by atoms with Crippen molar-refractivity contribution in [2.45, 2.75) is 42.1 Å². The molecule has 0 spiro atoms. The lowest BCUT2D eigenvalue weighted by Crippen LogP contribution is -2.22. The van der Waals surface area contributed by atoms with Crippen molar-refractivity contribution in [3.8, 4) is 0 Å². The topological polar surface area (TPSA) is 72.5 Å². The van der Waals surface area contributed by atoms with Gasteiger partial charge in [-0.15, -0.1) is 0 Å². The molecule has 1 aromatic carbocycles. The fourth-order valence-electron chi connectivity index (χ4n) is 3.30. The van der Waals surface area contributed by atoms with E-state index in [9.17, 15) is 8.42 Å². The van der Waals surface area contributed by atoms with E-state index in [0.29, 0.717) is 11.3 Å². The molecule has 7 nitrogen and oxygen atoms in total. The molecule has 0 bridgehead atoms. The predicted molar refractivity (Wildman–Crippen MR) is 120 cm³/mol. The van der Waals surface area contributed by atoms with Crippen LogP contribution < -0.4 is 0 Å². The Balaban J connectivity index is 1.68. The molecular weight excluding hydrogens is 418 g/mol. The third-order valence-electron chi connectivity index (χ3n) is 4.96. The van der Waals surface area contributed by atoms with E-state index in [1.54, 1.807) is 23.9 Å². The maximum atomic E-state index is 12.5. The number of aromatic nitrogens is 4. The third-order valence-corrected chi connectivity index (χ3v) is 7.78. The summed E-state index contributed by atoms with van der Waals surface area (Å²) in [6.45, 7) is 3.00. The molecule has 0 fully saturated rings. The summed E-state index contributed by atoms with van der Waals surface area (Å²) >= 11 is 1.63. The number of fused-ring (bicyclic) bond motifs is 2. The number of imidazole rings is 2. The summed E-state index contributed by atoms with van der Waals surface area (Å²) in [5, 5.41) is 0.884. The first-order chi connectivity index (χ1) is 14.4. The Bertz CT molecular complexity index is 1260. The first-order valence-corrected chi connectivity index (χ1v) is 12.3. The minimum absolute atomic E-state index is 0.261. The Morgan fingerprint density at radius 1 is 1.13 bits per heavy atom. The average molecular weight is 444 g/mol. The highest BCUT2D eigenvalue weighted by Crippen LogP contribution is 2.29. The zero-order chi connectivity index (χ0) is 21.3. The molecule has 0 radical (unpaired) electrons. The molecule has 9 heteroatoms. The molecule has 0 N–H and O–H groups in total. The van der Waals surface area contributed by atoms with Crippen LogP contribution in [-0.4, -0.2) is 45.8 Å². The summed E-state index contributed by atoms with van der Waals surface area (Å²) in [7, 11) is -0.420. The standard InChI is InChI=1S/C21H25N5O2S2/c1-4-5-12-26-19-10-9-17(30(27,28)24(2)3)13-18(19)23-21(26)29-15-16-14-25-11-7-6-8-20(25)22-16/h6-11,13-14H,4-5,12,15H2,1-3H3. The van der Waals surface area contributed by atoms with Gasteiger partial charge < -0.3 is 8.97 Å². The van der Waals surface area contributed by atoms with Crippen molar-refractivity contribution in [2.24, 2.45) is 0 Å². The quantitative estimate of drug-likeness (QED) is 0.385. The molecule has 0 unspecified atom stereocenters. The Hall–Kier alpha value is -2.36. The van der Waals surface area contributed by atoms with Crippen molar-refractivity contribution in [2.75, 3.05) is 14.1 Å². The van der Waals surface area contributed by atoms with Gasteiger partial charge in [0, 0.05) is 38.8 Å². The number of pyridine rings is 1. The molecule has 0 amide bonds. The lowest BCUT2D eigenvalue weighted by atomic mass is 10.3. The number of rotatable bonds is 8.